The van der Waals surface area contributed by atoms with Crippen molar-refractivity contribution in [2.24, 2.45) is 0 Å². The molecular formula is C8H8N4OS. The molecule has 0 aromatic carbocycles. The van der Waals surface area contributed by atoms with Gasteiger partial charge in [-0.2, -0.15) is 4.98 Å². The van der Waals surface area contributed by atoms with Crippen molar-refractivity contribution in [3.63, 3.8) is 0 Å². The zero-order valence-corrected chi connectivity index (χ0v) is 8.58. The molecular weight excluding hydrogens is 200 g/mol. The zero-order chi connectivity index (χ0) is 9.97. The lowest BCUT2D eigenvalue weighted by Gasteiger charge is -1.98. The Morgan fingerprint density at radius 1 is 1.29 bits per heavy atom. The Balaban J connectivity index is 2.50. The molecule has 0 radical (unpaired) electrons. The molecule has 2 aromatic rings. The van der Waals surface area contributed by atoms with Gasteiger partial charge < -0.3 is 4.52 Å². The Hall–Kier alpha value is -1.43. The number of nitrogens with zero attached hydrogens (tertiary/aromatic N) is 4. The topological polar surface area (TPSA) is 64.7 Å². The second-order valence-corrected chi connectivity index (χ2v) is 3.36. The van der Waals surface area contributed by atoms with Gasteiger partial charge >= 0.3 is 0 Å². The van der Waals surface area contributed by atoms with Gasteiger partial charge in [-0.1, -0.05) is 5.16 Å². The average Bonchev–Trinajstić information content (AvgIpc) is 2.65. The molecule has 0 aliphatic heterocycles. The third-order valence-corrected chi connectivity index (χ3v) is 2.27. The third-order valence-electron chi connectivity index (χ3n) is 1.59. The number of hydrogen-bond acceptors (Lipinski definition) is 6. The highest BCUT2D eigenvalue weighted by Crippen LogP contribution is 2.23. The molecule has 0 N–H and O–H groups in total. The van der Waals surface area contributed by atoms with E-state index in [1.807, 2.05) is 6.26 Å². The summed E-state index contributed by atoms with van der Waals surface area (Å²) in [7, 11) is 0. The van der Waals surface area contributed by atoms with Gasteiger partial charge in [-0.05, 0) is 13.2 Å². The van der Waals surface area contributed by atoms with Crippen LogP contribution in [0.25, 0.3) is 11.6 Å². The molecule has 0 unspecified atom stereocenters. The Labute approximate surface area is 85.0 Å². The molecule has 0 aliphatic carbocycles. The van der Waals surface area contributed by atoms with E-state index in [0.29, 0.717) is 17.4 Å². The molecule has 0 amide bonds. The van der Waals surface area contributed by atoms with Gasteiger partial charge in [0.15, 0.2) is 11.5 Å². The van der Waals surface area contributed by atoms with E-state index in [0.717, 1.165) is 5.03 Å². The van der Waals surface area contributed by atoms with Gasteiger partial charge in [0.05, 0.1) is 0 Å². The molecule has 14 heavy (non-hydrogen) atoms. The second-order valence-electron chi connectivity index (χ2n) is 2.56. The fraction of sp³-hybridized carbons (Fsp3) is 0.250. The molecule has 0 saturated heterocycles. The molecule has 2 aromatic heterocycles. The molecule has 2 heterocycles. The molecule has 0 fully saturated rings. The SMILES string of the molecule is CSc1nccnc1-c1nc(C)no1. The van der Waals surface area contributed by atoms with Crippen LogP contribution in [-0.2, 0) is 0 Å². The van der Waals surface area contributed by atoms with Gasteiger partial charge in [-0.25, -0.2) is 9.97 Å². The third kappa shape index (κ3) is 1.60. The highest BCUT2D eigenvalue weighted by molar-refractivity contribution is 7.98. The largest absolute Gasteiger partial charge is 0.332 e. The minimum atomic E-state index is 0.417. The van der Waals surface area contributed by atoms with Gasteiger partial charge in [0.2, 0.25) is 0 Å². The normalized spacial score (nSPS) is 10.4. The van der Waals surface area contributed by atoms with Crippen LogP contribution >= 0.6 is 11.8 Å². The van der Waals surface area contributed by atoms with Crippen LogP contribution in [0.15, 0.2) is 21.9 Å². The van der Waals surface area contributed by atoms with Crippen molar-refractivity contribution in [1.82, 2.24) is 20.1 Å². The lowest BCUT2D eigenvalue weighted by molar-refractivity contribution is 0.423. The summed E-state index contributed by atoms with van der Waals surface area (Å²) >= 11 is 1.50. The molecule has 0 atom stereocenters. The minimum Gasteiger partial charge on any atom is -0.332 e. The van der Waals surface area contributed by atoms with Crippen LogP contribution in [0.5, 0.6) is 0 Å². The lowest BCUT2D eigenvalue weighted by Crippen LogP contribution is -1.89. The average molecular weight is 208 g/mol. The first-order chi connectivity index (χ1) is 6.81. The number of aromatic nitrogens is 4. The first-order valence-electron chi connectivity index (χ1n) is 3.97. The van der Waals surface area contributed by atoms with Crippen LogP contribution in [0.3, 0.4) is 0 Å². The number of hydrogen-bond donors (Lipinski definition) is 0. The summed E-state index contributed by atoms with van der Waals surface area (Å²) in [6, 6.07) is 0. The smallest absolute Gasteiger partial charge is 0.279 e. The maximum atomic E-state index is 5.02. The van der Waals surface area contributed by atoms with Gasteiger partial charge in [-0.3, -0.25) is 0 Å². The van der Waals surface area contributed by atoms with E-state index in [4.69, 9.17) is 4.52 Å². The first kappa shape index (κ1) is 9.14. The summed E-state index contributed by atoms with van der Waals surface area (Å²) in [5.74, 6) is 1.01. The number of rotatable bonds is 2. The predicted molar refractivity (Wildman–Crippen MR) is 51.8 cm³/mol. The minimum absolute atomic E-state index is 0.417. The summed E-state index contributed by atoms with van der Waals surface area (Å²) in [6.45, 7) is 1.77. The van der Waals surface area contributed by atoms with Gasteiger partial charge in [-0.15, -0.1) is 11.8 Å². The van der Waals surface area contributed by atoms with E-state index >= 15 is 0 Å². The van der Waals surface area contributed by atoms with Crippen LogP contribution in [-0.4, -0.2) is 26.4 Å². The molecule has 0 saturated carbocycles. The summed E-state index contributed by atoms with van der Waals surface area (Å²) in [5.41, 5.74) is 0.639. The predicted octanol–water partition coefficient (Wildman–Crippen LogP) is 1.56. The summed E-state index contributed by atoms with van der Waals surface area (Å²) < 4.78 is 5.02. The summed E-state index contributed by atoms with van der Waals surface area (Å²) in [6.07, 6.45) is 5.17. The number of aryl methyl sites for hydroxylation is 1. The fourth-order valence-corrected chi connectivity index (χ4v) is 1.51. The van der Waals surface area contributed by atoms with E-state index in [-0.39, 0.29) is 0 Å². The Kier molecular flexibility index (Phi) is 2.45. The van der Waals surface area contributed by atoms with Gasteiger partial charge in [0.1, 0.15) is 5.03 Å². The van der Waals surface area contributed by atoms with Crippen molar-refractivity contribution in [3.05, 3.63) is 18.2 Å². The van der Waals surface area contributed by atoms with E-state index < -0.39 is 0 Å². The molecule has 0 bridgehead atoms. The van der Waals surface area contributed by atoms with Crippen LogP contribution in [0, 0.1) is 6.92 Å². The van der Waals surface area contributed by atoms with Crippen molar-refractivity contribution in [1.29, 1.82) is 0 Å². The first-order valence-corrected chi connectivity index (χ1v) is 5.19. The van der Waals surface area contributed by atoms with Crippen molar-refractivity contribution in [3.8, 4) is 11.6 Å². The van der Waals surface area contributed by atoms with E-state index in [1.165, 1.54) is 11.8 Å². The van der Waals surface area contributed by atoms with Crippen molar-refractivity contribution >= 4 is 11.8 Å². The van der Waals surface area contributed by atoms with Crippen LogP contribution in [0.2, 0.25) is 0 Å². The summed E-state index contributed by atoms with van der Waals surface area (Å²) in [4.78, 5) is 12.4. The van der Waals surface area contributed by atoms with Crippen molar-refractivity contribution < 1.29 is 4.52 Å². The molecule has 2 rings (SSSR count). The number of thioether (sulfide) groups is 1. The molecule has 5 nitrogen and oxygen atoms in total. The lowest BCUT2D eigenvalue weighted by atomic mass is 10.4. The van der Waals surface area contributed by atoms with Gasteiger partial charge in [0, 0.05) is 12.4 Å². The quantitative estimate of drug-likeness (QED) is 0.698. The maximum absolute atomic E-state index is 5.02. The zero-order valence-electron chi connectivity index (χ0n) is 7.76. The molecule has 72 valence electrons. The van der Waals surface area contributed by atoms with Crippen LogP contribution in [0.4, 0.5) is 0 Å². The standard InChI is InChI=1S/C8H8N4OS/c1-5-11-7(13-12-5)6-8(14-2)10-4-3-9-6/h3-4H,1-2H3. The second kappa shape index (κ2) is 3.75. The van der Waals surface area contributed by atoms with E-state index in [1.54, 1.807) is 19.3 Å². The van der Waals surface area contributed by atoms with E-state index in [2.05, 4.69) is 20.1 Å². The molecule has 6 heteroatoms. The fourth-order valence-electron chi connectivity index (χ4n) is 1.01. The molecule has 0 aliphatic rings. The van der Waals surface area contributed by atoms with Crippen LogP contribution < -0.4 is 0 Å². The Bertz CT molecular complexity index is 442. The summed E-state index contributed by atoms with van der Waals surface area (Å²) in [5, 5.41) is 4.49. The van der Waals surface area contributed by atoms with Crippen molar-refractivity contribution in [2.45, 2.75) is 11.9 Å². The molecule has 0 spiro atoms. The van der Waals surface area contributed by atoms with Gasteiger partial charge in [0.25, 0.3) is 5.89 Å². The van der Waals surface area contributed by atoms with Crippen LogP contribution in [0.1, 0.15) is 5.82 Å². The van der Waals surface area contributed by atoms with E-state index in [9.17, 15) is 0 Å². The Morgan fingerprint density at radius 2 is 2.07 bits per heavy atom. The Morgan fingerprint density at radius 3 is 2.71 bits per heavy atom. The monoisotopic (exact) mass is 208 g/mol. The highest BCUT2D eigenvalue weighted by Gasteiger charge is 2.12. The van der Waals surface area contributed by atoms with Crippen molar-refractivity contribution in [2.75, 3.05) is 6.26 Å². The highest BCUT2D eigenvalue weighted by atomic mass is 32.2. The maximum Gasteiger partial charge on any atom is 0.279 e.